The van der Waals surface area contributed by atoms with Gasteiger partial charge in [0.15, 0.2) is 5.65 Å². The van der Waals surface area contributed by atoms with Crippen molar-refractivity contribution in [3.63, 3.8) is 0 Å². The van der Waals surface area contributed by atoms with E-state index in [4.69, 9.17) is 4.74 Å². The van der Waals surface area contributed by atoms with Crippen molar-refractivity contribution in [3.8, 4) is 17.0 Å². The average molecular weight is 403 g/mol. The lowest BCUT2D eigenvalue weighted by molar-refractivity contribution is -0.208. The van der Waals surface area contributed by atoms with Gasteiger partial charge in [-0.25, -0.2) is 4.98 Å². The van der Waals surface area contributed by atoms with Crippen LogP contribution < -0.4 is 0 Å². The maximum absolute atomic E-state index is 13.0. The Morgan fingerprint density at radius 1 is 1.21 bits per heavy atom. The van der Waals surface area contributed by atoms with Gasteiger partial charge in [-0.05, 0) is 50.1 Å². The third kappa shape index (κ3) is 2.80. The monoisotopic (exact) mass is 403 g/mol. The highest BCUT2D eigenvalue weighted by molar-refractivity contribution is 5.80. The summed E-state index contributed by atoms with van der Waals surface area (Å²) in [5, 5.41) is 15.8. The first-order valence-corrected chi connectivity index (χ1v) is 9.51. The minimum atomic E-state index is -4.52. The number of ether oxygens (including phenoxy) is 1. The van der Waals surface area contributed by atoms with Crippen LogP contribution in [0.25, 0.3) is 22.3 Å². The zero-order valence-corrected chi connectivity index (χ0v) is 16.0. The van der Waals surface area contributed by atoms with Crippen molar-refractivity contribution in [2.24, 2.45) is 0 Å². The quantitative estimate of drug-likeness (QED) is 0.668. The van der Waals surface area contributed by atoms with Crippen molar-refractivity contribution < 1.29 is 23.0 Å². The number of aryl methyl sites for hydroxylation is 1. The second-order valence-electron chi connectivity index (χ2n) is 8.49. The number of aromatic hydroxyl groups is 1. The van der Waals surface area contributed by atoms with Gasteiger partial charge in [-0.15, -0.1) is 0 Å². The van der Waals surface area contributed by atoms with Crippen LogP contribution in [0.3, 0.4) is 0 Å². The normalized spacial score (nSPS) is 26.5. The highest BCUT2D eigenvalue weighted by Gasteiger charge is 2.57. The van der Waals surface area contributed by atoms with Gasteiger partial charge >= 0.3 is 6.18 Å². The van der Waals surface area contributed by atoms with Gasteiger partial charge in [0.2, 0.25) is 0 Å². The van der Waals surface area contributed by atoms with Crippen LogP contribution in [0.1, 0.15) is 37.3 Å². The van der Waals surface area contributed by atoms with Crippen LogP contribution in [-0.4, -0.2) is 32.1 Å². The van der Waals surface area contributed by atoms with Gasteiger partial charge < -0.3 is 9.84 Å². The van der Waals surface area contributed by atoms with E-state index in [-0.39, 0.29) is 16.7 Å². The van der Waals surface area contributed by atoms with E-state index in [2.05, 4.69) is 17.0 Å². The number of benzene rings is 1. The van der Waals surface area contributed by atoms with Gasteiger partial charge in [-0.2, -0.15) is 18.3 Å². The second kappa shape index (κ2) is 5.72. The third-order valence-electron chi connectivity index (χ3n) is 6.18. The van der Waals surface area contributed by atoms with Gasteiger partial charge in [0.05, 0.1) is 22.4 Å². The zero-order valence-electron chi connectivity index (χ0n) is 16.0. The molecule has 1 aliphatic carbocycles. The molecule has 3 aromatic rings. The van der Waals surface area contributed by atoms with Crippen molar-refractivity contribution in [1.82, 2.24) is 14.8 Å². The lowest BCUT2D eigenvalue weighted by Gasteiger charge is -2.58. The molecular formula is C21H20F3N3O2. The van der Waals surface area contributed by atoms with Crippen molar-refractivity contribution in [2.45, 2.75) is 50.4 Å². The lowest BCUT2D eigenvalue weighted by atomic mass is 9.62. The molecule has 1 aromatic carbocycles. The number of hydrogen-bond donors (Lipinski definition) is 1. The van der Waals surface area contributed by atoms with E-state index in [0.717, 1.165) is 36.8 Å². The average Bonchev–Trinajstić information content (AvgIpc) is 3.03. The summed E-state index contributed by atoms with van der Waals surface area (Å²) in [6.45, 7) is 4.34. The van der Waals surface area contributed by atoms with E-state index in [9.17, 15) is 18.3 Å². The first kappa shape index (κ1) is 18.4. The smallest absolute Gasteiger partial charge is 0.416 e. The molecule has 2 bridgehead atoms. The molecule has 152 valence electrons. The van der Waals surface area contributed by atoms with Crippen molar-refractivity contribution in [2.75, 3.05) is 6.61 Å². The van der Waals surface area contributed by atoms with Gasteiger partial charge in [-0.1, -0.05) is 0 Å². The molecule has 0 spiro atoms. The van der Waals surface area contributed by atoms with E-state index in [0.29, 0.717) is 23.5 Å². The summed E-state index contributed by atoms with van der Waals surface area (Å²) in [6.07, 6.45) is 0.148. The highest BCUT2D eigenvalue weighted by atomic mass is 19.4. The number of fused-ring (bicyclic) bond motifs is 3. The predicted octanol–water partition coefficient (Wildman–Crippen LogP) is 4.80. The van der Waals surface area contributed by atoms with E-state index >= 15 is 0 Å². The number of nitrogens with zero attached hydrogens (tertiary/aromatic N) is 3. The van der Waals surface area contributed by atoms with Crippen molar-refractivity contribution in [3.05, 3.63) is 41.6 Å². The fraction of sp³-hybridized carbons (Fsp3) is 0.429. The molecule has 1 saturated carbocycles. The largest absolute Gasteiger partial charge is 0.507 e. The summed E-state index contributed by atoms with van der Waals surface area (Å²) in [5.74, 6) is -0.443. The van der Waals surface area contributed by atoms with Crippen LogP contribution in [-0.2, 0) is 16.5 Å². The Morgan fingerprint density at radius 3 is 2.62 bits per heavy atom. The number of halogens is 3. The Labute approximate surface area is 165 Å². The van der Waals surface area contributed by atoms with Crippen LogP contribution in [0.2, 0.25) is 0 Å². The molecular weight excluding hydrogens is 383 g/mol. The molecule has 3 fully saturated rings. The van der Waals surface area contributed by atoms with E-state index in [1.165, 1.54) is 6.92 Å². The summed E-state index contributed by atoms with van der Waals surface area (Å²) in [4.78, 5) is 4.54. The number of phenolic OH excluding ortho intramolecular Hbond substituents is 1. The van der Waals surface area contributed by atoms with E-state index in [1.54, 1.807) is 6.07 Å². The molecule has 1 N–H and O–H groups in total. The highest BCUT2D eigenvalue weighted by Crippen LogP contribution is 2.54. The summed E-state index contributed by atoms with van der Waals surface area (Å²) in [7, 11) is 0. The second-order valence-corrected chi connectivity index (χ2v) is 8.49. The number of phenols is 1. The van der Waals surface area contributed by atoms with Crippen molar-refractivity contribution >= 4 is 11.0 Å². The SMILES string of the molecule is Cc1cc(C(F)(F)F)cc(O)c1-c1ccc2cn(C34CCOC(C)(C3)C4)nc2n1. The molecule has 5 nitrogen and oxygen atoms in total. The summed E-state index contributed by atoms with van der Waals surface area (Å²) in [5.41, 5.74) is 0.480. The van der Waals surface area contributed by atoms with Gasteiger partial charge in [0.1, 0.15) is 5.75 Å². The van der Waals surface area contributed by atoms with Crippen LogP contribution in [0.15, 0.2) is 30.5 Å². The Morgan fingerprint density at radius 2 is 1.97 bits per heavy atom. The minimum Gasteiger partial charge on any atom is -0.507 e. The maximum Gasteiger partial charge on any atom is 0.416 e. The number of aromatic nitrogens is 3. The van der Waals surface area contributed by atoms with E-state index < -0.39 is 17.5 Å². The number of hydrogen-bond acceptors (Lipinski definition) is 4. The number of rotatable bonds is 2. The van der Waals surface area contributed by atoms with Crippen LogP contribution >= 0.6 is 0 Å². The Hall–Kier alpha value is -2.61. The molecule has 6 rings (SSSR count). The van der Waals surface area contributed by atoms with Gasteiger partial charge in [0, 0.05) is 36.6 Å². The van der Waals surface area contributed by atoms with Crippen molar-refractivity contribution in [1.29, 1.82) is 0 Å². The molecule has 2 aliphatic heterocycles. The fourth-order valence-electron chi connectivity index (χ4n) is 4.93. The molecule has 2 saturated heterocycles. The molecule has 4 heterocycles. The molecule has 8 heteroatoms. The van der Waals surface area contributed by atoms with Gasteiger partial charge in [-0.3, -0.25) is 4.68 Å². The standard InChI is InChI=1S/C21H20F3N3O2/c1-12-7-14(21(22,23)24)8-16(28)17(12)15-4-3-13-9-27(26-18(13)25-15)20-5-6-29-19(2,10-20)11-20/h3-4,7-9,28H,5-6,10-11H2,1-2H3. The summed E-state index contributed by atoms with van der Waals surface area (Å²) in [6, 6.07) is 5.31. The molecule has 3 aliphatic rings. The molecule has 29 heavy (non-hydrogen) atoms. The topological polar surface area (TPSA) is 60.2 Å². The van der Waals surface area contributed by atoms with Crippen LogP contribution in [0, 0.1) is 6.92 Å². The first-order chi connectivity index (χ1) is 13.6. The van der Waals surface area contributed by atoms with Crippen LogP contribution in [0.5, 0.6) is 5.75 Å². The fourth-order valence-corrected chi connectivity index (χ4v) is 4.93. The molecule has 2 aromatic heterocycles. The lowest BCUT2D eigenvalue weighted by Crippen LogP contribution is -2.62. The maximum atomic E-state index is 13.0. The predicted molar refractivity (Wildman–Crippen MR) is 101 cm³/mol. The Balaban J connectivity index is 1.55. The number of pyridine rings is 1. The molecule has 0 unspecified atom stereocenters. The van der Waals surface area contributed by atoms with E-state index in [1.807, 2.05) is 16.9 Å². The molecule has 0 amide bonds. The Kier molecular flexibility index (Phi) is 3.63. The van der Waals surface area contributed by atoms with Crippen LogP contribution in [0.4, 0.5) is 13.2 Å². The molecule has 0 atom stereocenters. The summed E-state index contributed by atoms with van der Waals surface area (Å²) >= 11 is 0. The van der Waals surface area contributed by atoms with Gasteiger partial charge in [0.25, 0.3) is 0 Å². The molecule has 0 radical (unpaired) electrons. The zero-order chi connectivity index (χ0) is 20.6. The summed E-state index contributed by atoms with van der Waals surface area (Å²) < 4.78 is 46.8. The number of alkyl halides is 3. The Bertz CT molecular complexity index is 1110. The third-order valence-corrected chi connectivity index (χ3v) is 6.18. The minimum absolute atomic E-state index is 0.0553. The first-order valence-electron chi connectivity index (χ1n) is 9.51.